The third-order valence-electron chi connectivity index (χ3n) is 2.05. The summed E-state index contributed by atoms with van der Waals surface area (Å²) in [6.07, 6.45) is 1.95. The zero-order chi connectivity index (χ0) is 9.14. The summed E-state index contributed by atoms with van der Waals surface area (Å²) in [7, 11) is 0. The minimum atomic E-state index is 0.395. The highest BCUT2D eigenvalue weighted by atomic mass is 15.3. The third kappa shape index (κ3) is 1.58. The Morgan fingerprint density at radius 3 is 2.92 bits per heavy atom. The Balaban J connectivity index is 3.03. The molecule has 1 rings (SSSR count). The van der Waals surface area contributed by atoms with Crippen LogP contribution in [0.5, 0.6) is 0 Å². The summed E-state index contributed by atoms with van der Waals surface area (Å²) in [4.78, 5) is 0. The normalized spacial score (nSPS) is 12.9. The molecule has 0 aliphatic rings. The van der Waals surface area contributed by atoms with Gasteiger partial charge in [-0.15, -0.1) is 6.58 Å². The molecule has 0 aromatic carbocycles. The first kappa shape index (κ1) is 9.04. The van der Waals surface area contributed by atoms with Crippen LogP contribution in [0.15, 0.2) is 18.7 Å². The highest BCUT2D eigenvalue weighted by Crippen LogP contribution is 2.16. The minimum absolute atomic E-state index is 0.395. The van der Waals surface area contributed by atoms with Gasteiger partial charge in [0.25, 0.3) is 0 Å². The van der Waals surface area contributed by atoms with Gasteiger partial charge in [-0.25, -0.2) is 0 Å². The van der Waals surface area contributed by atoms with E-state index in [4.69, 9.17) is 0 Å². The lowest BCUT2D eigenvalue weighted by Crippen LogP contribution is -2.04. The maximum Gasteiger partial charge on any atom is 0.0596 e. The molecule has 0 saturated carbocycles. The van der Waals surface area contributed by atoms with Crippen LogP contribution in [0.25, 0.3) is 0 Å². The molecule has 0 aliphatic heterocycles. The van der Waals surface area contributed by atoms with E-state index in [2.05, 4.69) is 31.6 Å². The average Bonchev–Trinajstić information content (AvgIpc) is 2.45. The van der Waals surface area contributed by atoms with Gasteiger partial charge in [0.15, 0.2) is 0 Å². The number of allylic oxidation sites excluding steroid dienone is 1. The van der Waals surface area contributed by atoms with Crippen LogP contribution < -0.4 is 0 Å². The maximum atomic E-state index is 4.37. The van der Waals surface area contributed by atoms with Crippen molar-refractivity contribution in [1.29, 1.82) is 0 Å². The van der Waals surface area contributed by atoms with Crippen LogP contribution in [0.2, 0.25) is 0 Å². The van der Waals surface area contributed by atoms with E-state index in [1.54, 1.807) is 0 Å². The van der Waals surface area contributed by atoms with Crippen molar-refractivity contribution in [1.82, 2.24) is 9.78 Å². The monoisotopic (exact) mass is 164 g/mol. The minimum Gasteiger partial charge on any atom is -0.269 e. The molecule has 0 spiro atoms. The second kappa shape index (κ2) is 3.57. The molecule has 1 atom stereocenters. The van der Waals surface area contributed by atoms with E-state index in [1.807, 2.05) is 17.7 Å². The highest BCUT2D eigenvalue weighted by molar-refractivity contribution is 5.16. The fourth-order valence-electron chi connectivity index (χ4n) is 1.31. The van der Waals surface area contributed by atoms with Crippen LogP contribution in [-0.2, 0) is 6.54 Å². The van der Waals surface area contributed by atoms with Gasteiger partial charge in [0, 0.05) is 18.2 Å². The van der Waals surface area contributed by atoms with E-state index in [-0.39, 0.29) is 0 Å². The van der Waals surface area contributed by atoms with Crippen LogP contribution in [0.1, 0.15) is 31.2 Å². The van der Waals surface area contributed by atoms with Crippen molar-refractivity contribution < 1.29 is 0 Å². The lowest BCUT2D eigenvalue weighted by atomic mass is 10.1. The Bertz CT molecular complexity index is 273. The van der Waals surface area contributed by atoms with Crippen LogP contribution >= 0.6 is 0 Å². The topological polar surface area (TPSA) is 17.8 Å². The van der Waals surface area contributed by atoms with Crippen molar-refractivity contribution >= 4 is 0 Å². The van der Waals surface area contributed by atoms with Gasteiger partial charge >= 0.3 is 0 Å². The molecule has 66 valence electrons. The Labute approximate surface area is 73.9 Å². The molecule has 12 heavy (non-hydrogen) atoms. The molecule has 1 unspecified atom stereocenters. The van der Waals surface area contributed by atoms with Crippen molar-refractivity contribution in [2.24, 2.45) is 0 Å². The Morgan fingerprint density at radius 2 is 2.42 bits per heavy atom. The Morgan fingerprint density at radius 1 is 1.75 bits per heavy atom. The van der Waals surface area contributed by atoms with Gasteiger partial charge in [0.2, 0.25) is 0 Å². The molecule has 0 amide bonds. The summed E-state index contributed by atoms with van der Waals surface area (Å²) < 4.78 is 2.03. The molecule has 0 bridgehead atoms. The van der Waals surface area contributed by atoms with Crippen molar-refractivity contribution in [3.05, 3.63) is 30.1 Å². The summed E-state index contributed by atoms with van der Waals surface area (Å²) >= 11 is 0. The van der Waals surface area contributed by atoms with E-state index in [1.165, 1.54) is 5.69 Å². The van der Waals surface area contributed by atoms with E-state index in [0.29, 0.717) is 5.92 Å². The van der Waals surface area contributed by atoms with Crippen LogP contribution in [0.3, 0.4) is 0 Å². The molecule has 0 fully saturated rings. The molecule has 1 heterocycles. The molecule has 0 aliphatic carbocycles. The van der Waals surface area contributed by atoms with Gasteiger partial charge in [-0.2, -0.15) is 5.10 Å². The Hall–Kier alpha value is -1.05. The van der Waals surface area contributed by atoms with Gasteiger partial charge in [0.05, 0.1) is 5.69 Å². The van der Waals surface area contributed by atoms with Gasteiger partial charge in [-0.1, -0.05) is 13.0 Å². The molecule has 2 heteroatoms. The molecule has 1 aromatic heterocycles. The first-order valence-corrected chi connectivity index (χ1v) is 4.36. The van der Waals surface area contributed by atoms with Crippen molar-refractivity contribution in [3.8, 4) is 0 Å². The standard InChI is InChI=1S/C10H16N2/c1-5-8(3)10-7-9(4)11-12(10)6-2/h5,7-8H,1,6H2,2-4H3. The fraction of sp³-hybridized carbons (Fsp3) is 0.500. The largest absolute Gasteiger partial charge is 0.269 e. The van der Waals surface area contributed by atoms with Gasteiger partial charge in [-0.3, -0.25) is 4.68 Å². The number of aryl methyl sites for hydroxylation is 2. The first-order valence-electron chi connectivity index (χ1n) is 4.36. The molecular formula is C10H16N2. The maximum absolute atomic E-state index is 4.37. The van der Waals surface area contributed by atoms with Gasteiger partial charge in [-0.05, 0) is 19.9 Å². The summed E-state index contributed by atoms with van der Waals surface area (Å²) in [5.74, 6) is 0.395. The Kier molecular flexibility index (Phi) is 2.69. The molecule has 0 N–H and O–H groups in total. The number of rotatable bonds is 3. The van der Waals surface area contributed by atoms with Crippen molar-refractivity contribution in [2.75, 3.05) is 0 Å². The van der Waals surface area contributed by atoms with Gasteiger partial charge in [0.1, 0.15) is 0 Å². The lowest BCUT2D eigenvalue weighted by molar-refractivity contribution is 0.607. The third-order valence-corrected chi connectivity index (χ3v) is 2.05. The number of hydrogen-bond donors (Lipinski definition) is 0. The predicted octanol–water partition coefficient (Wildman–Crippen LogP) is 2.50. The molecular weight excluding hydrogens is 148 g/mol. The second-order valence-corrected chi connectivity index (χ2v) is 3.05. The fourth-order valence-corrected chi connectivity index (χ4v) is 1.31. The van der Waals surface area contributed by atoms with E-state index >= 15 is 0 Å². The smallest absolute Gasteiger partial charge is 0.0596 e. The van der Waals surface area contributed by atoms with E-state index < -0.39 is 0 Å². The summed E-state index contributed by atoms with van der Waals surface area (Å²) in [5.41, 5.74) is 2.34. The average molecular weight is 164 g/mol. The van der Waals surface area contributed by atoms with Crippen LogP contribution in [0.4, 0.5) is 0 Å². The quantitative estimate of drug-likeness (QED) is 0.628. The SMILES string of the molecule is C=CC(C)c1cc(C)nn1CC. The van der Waals surface area contributed by atoms with Crippen molar-refractivity contribution in [3.63, 3.8) is 0 Å². The summed E-state index contributed by atoms with van der Waals surface area (Å²) in [6, 6.07) is 2.12. The van der Waals surface area contributed by atoms with Crippen LogP contribution in [0, 0.1) is 6.92 Å². The molecule has 0 saturated heterocycles. The van der Waals surface area contributed by atoms with E-state index in [0.717, 1.165) is 12.2 Å². The molecule has 0 radical (unpaired) electrons. The summed E-state index contributed by atoms with van der Waals surface area (Å²) in [6.45, 7) is 11.0. The second-order valence-electron chi connectivity index (χ2n) is 3.05. The number of aromatic nitrogens is 2. The van der Waals surface area contributed by atoms with E-state index in [9.17, 15) is 0 Å². The van der Waals surface area contributed by atoms with Gasteiger partial charge < -0.3 is 0 Å². The molecule has 2 nitrogen and oxygen atoms in total. The molecule has 1 aromatic rings. The summed E-state index contributed by atoms with van der Waals surface area (Å²) in [5, 5.41) is 4.37. The zero-order valence-corrected chi connectivity index (χ0v) is 8.04. The first-order chi connectivity index (χ1) is 5.69. The number of hydrogen-bond acceptors (Lipinski definition) is 1. The predicted molar refractivity (Wildman–Crippen MR) is 51.3 cm³/mol. The zero-order valence-electron chi connectivity index (χ0n) is 8.04. The highest BCUT2D eigenvalue weighted by Gasteiger charge is 2.08. The van der Waals surface area contributed by atoms with Crippen LogP contribution in [-0.4, -0.2) is 9.78 Å². The number of nitrogens with zero attached hydrogens (tertiary/aromatic N) is 2. The lowest BCUT2D eigenvalue weighted by Gasteiger charge is -2.07. The van der Waals surface area contributed by atoms with Crippen molar-refractivity contribution in [2.45, 2.75) is 33.2 Å².